The number of aliphatic hydroxyl groups excluding tert-OH is 1. The summed E-state index contributed by atoms with van der Waals surface area (Å²) >= 11 is 1.58. The number of para-hydroxylation sites is 1. The van der Waals surface area contributed by atoms with Crippen LogP contribution in [0.15, 0.2) is 72.0 Å². The molecular weight excluding hydrogens is 374 g/mol. The van der Waals surface area contributed by atoms with Gasteiger partial charge in [-0.3, -0.25) is 14.8 Å². The lowest BCUT2D eigenvalue weighted by Crippen LogP contribution is -2.35. The molecule has 28 heavy (non-hydrogen) atoms. The summed E-state index contributed by atoms with van der Waals surface area (Å²) < 4.78 is 5.67. The van der Waals surface area contributed by atoms with Crippen LogP contribution < -0.4 is 10.1 Å². The first-order valence-corrected chi connectivity index (χ1v) is 9.98. The highest BCUT2D eigenvalue weighted by Gasteiger charge is 2.12. The molecular formula is C21H21N3O3S. The van der Waals surface area contributed by atoms with Gasteiger partial charge in [-0.15, -0.1) is 11.8 Å². The van der Waals surface area contributed by atoms with Crippen molar-refractivity contribution >= 4 is 17.7 Å². The zero-order valence-electron chi connectivity index (χ0n) is 15.4. The summed E-state index contributed by atoms with van der Waals surface area (Å²) in [6.45, 7) is 0.188. The Labute approximate surface area is 168 Å². The molecule has 0 spiro atoms. The van der Waals surface area contributed by atoms with Crippen molar-refractivity contribution in [2.45, 2.75) is 11.0 Å². The highest BCUT2D eigenvalue weighted by Crippen LogP contribution is 2.26. The third kappa shape index (κ3) is 5.31. The van der Waals surface area contributed by atoms with Gasteiger partial charge in [-0.25, -0.2) is 0 Å². The summed E-state index contributed by atoms with van der Waals surface area (Å²) in [5.74, 6) is 0.450. The molecule has 1 aromatic heterocycles. The fourth-order valence-corrected chi connectivity index (χ4v) is 3.11. The Bertz CT molecular complexity index is 922. The fourth-order valence-electron chi connectivity index (χ4n) is 2.56. The maximum Gasteiger partial charge on any atom is 0.251 e. The van der Waals surface area contributed by atoms with Gasteiger partial charge in [-0.05, 0) is 30.5 Å². The molecule has 7 heteroatoms. The van der Waals surface area contributed by atoms with Gasteiger partial charge in [0.15, 0.2) is 0 Å². The normalized spacial score (nSPS) is 11.6. The smallest absolute Gasteiger partial charge is 0.251 e. The molecule has 0 saturated carbocycles. The third-order valence-electron chi connectivity index (χ3n) is 3.98. The van der Waals surface area contributed by atoms with E-state index in [1.54, 1.807) is 48.6 Å². The summed E-state index contributed by atoms with van der Waals surface area (Å²) in [5, 5.41) is 12.9. The van der Waals surface area contributed by atoms with Gasteiger partial charge in [0.1, 0.15) is 18.5 Å². The van der Waals surface area contributed by atoms with Gasteiger partial charge >= 0.3 is 0 Å². The first kappa shape index (κ1) is 19.9. The van der Waals surface area contributed by atoms with Crippen LogP contribution in [0.5, 0.6) is 5.75 Å². The van der Waals surface area contributed by atoms with Crippen LogP contribution in [0.1, 0.15) is 10.4 Å². The molecule has 0 fully saturated rings. The highest BCUT2D eigenvalue weighted by molar-refractivity contribution is 7.98. The molecule has 3 aromatic rings. The number of ether oxygens (including phenoxy) is 1. The first-order valence-electron chi connectivity index (χ1n) is 8.76. The average molecular weight is 395 g/mol. The largest absolute Gasteiger partial charge is 0.490 e. The van der Waals surface area contributed by atoms with E-state index in [1.165, 1.54) is 0 Å². The Morgan fingerprint density at radius 2 is 2.07 bits per heavy atom. The lowest BCUT2D eigenvalue weighted by molar-refractivity contribution is 0.0840. The molecule has 1 amide bonds. The Balaban J connectivity index is 1.54. The van der Waals surface area contributed by atoms with Crippen molar-refractivity contribution in [3.63, 3.8) is 0 Å². The number of hydrogen-bond acceptors (Lipinski definition) is 6. The van der Waals surface area contributed by atoms with E-state index in [0.29, 0.717) is 11.3 Å². The third-order valence-corrected chi connectivity index (χ3v) is 4.76. The minimum Gasteiger partial charge on any atom is -0.490 e. The minimum atomic E-state index is -0.818. The number of hydrogen-bond donors (Lipinski definition) is 2. The van der Waals surface area contributed by atoms with E-state index in [-0.39, 0.29) is 19.1 Å². The number of carbonyl (C=O) groups is 1. The van der Waals surface area contributed by atoms with Gasteiger partial charge in [0.2, 0.25) is 0 Å². The molecule has 0 unspecified atom stereocenters. The second kappa shape index (κ2) is 9.87. The maximum atomic E-state index is 12.4. The van der Waals surface area contributed by atoms with Crippen LogP contribution in [-0.4, -0.2) is 46.5 Å². The van der Waals surface area contributed by atoms with Crippen LogP contribution in [0.3, 0.4) is 0 Å². The topological polar surface area (TPSA) is 84.3 Å². The molecule has 6 nitrogen and oxygen atoms in total. The zero-order valence-corrected chi connectivity index (χ0v) is 16.2. The van der Waals surface area contributed by atoms with Crippen molar-refractivity contribution < 1.29 is 14.6 Å². The highest BCUT2D eigenvalue weighted by atomic mass is 32.2. The minimum absolute atomic E-state index is 0.0929. The summed E-state index contributed by atoms with van der Waals surface area (Å²) in [5.41, 5.74) is 1.99. The standard InChI is InChI=1S/C21H21N3O3S/c1-28-20-8-3-2-7-19(20)27-14-17(25)12-24-21(26)16-6-4-5-15(11-16)18-13-22-9-10-23-18/h2-11,13,17,25H,12,14H2,1H3,(H,24,26)/t17-/m1/s1. The second-order valence-corrected chi connectivity index (χ2v) is 6.85. The Hall–Kier alpha value is -2.90. The predicted octanol–water partition coefficient (Wildman–Crippen LogP) is 3.04. The number of amides is 1. The number of aromatic nitrogens is 2. The van der Waals surface area contributed by atoms with Gasteiger partial charge in [0, 0.05) is 35.0 Å². The Morgan fingerprint density at radius 1 is 1.21 bits per heavy atom. The van der Waals surface area contributed by atoms with E-state index in [1.807, 2.05) is 36.6 Å². The van der Waals surface area contributed by atoms with Crippen LogP contribution in [0.25, 0.3) is 11.3 Å². The van der Waals surface area contributed by atoms with E-state index in [4.69, 9.17) is 4.74 Å². The summed E-state index contributed by atoms with van der Waals surface area (Å²) in [6.07, 6.45) is 6.00. The van der Waals surface area contributed by atoms with E-state index >= 15 is 0 Å². The number of aliphatic hydroxyl groups is 1. The van der Waals surface area contributed by atoms with E-state index < -0.39 is 6.10 Å². The monoisotopic (exact) mass is 395 g/mol. The van der Waals surface area contributed by atoms with Gasteiger partial charge < -0.3 is 15.2 Å². The molecule has 0 aliphatic rings. The fraction of sp³-hybridized carbons (Fsp3) is 0.190. The molecule has 1 atom stereocenters. The molecule has 1 heterocycles. The molecule has 0 saturated heterocycles. The number of rotatable bonds is 8. The molecule has 0 aliphatic heterocycles. The van der Waals surface area contributed by atoms with Gasteiger partial charge in [-0.1, -0.05) is 24.3 Å². The van der Waals surface area contributed by atoms with Crippen LogP contribution in [0.2, 0.25) is 0 Å². The molecule has 0 radical (unpaired) electrons. The van der Waals surface area contributed by atoms with Crippen molar-refractivity contribution in [2.24, 2.45) is 0 Å². The Morgan fingerprint density at radius 3 is 2.86 bits per heavy atom. The van der Waals surface area contributed by atoms with Crippen molar-refractivity contribution in [1.82, 2.24) is 15.3 Å². The van der Waals surface area contributed by atoms with Gasteiger partial charge in [-0.2, -0.15) is 0 Å². The predicted molar refractivity (Wildman–Crippen MR) is 110 cm³/mol. The lowest BCUT2D eigenvalue weighted by atomic mass is 10.1. The Kier molecular flexibility index (Phi) is 7.00. The number of thioether (sulfide) groups is 1. The van der Waals surface area contributed by atoms with Gasteiger partial charge in [0.25, 0.3) is 5.91 Å². The number of nitrogens with one attached hydrogen (secondary N) is 1. The summed E-state index contributed by atoms with van der Waals surface area (Å²) in [7, 11) is 0. The maximum absolute atomic E-state index is 12.4. The van der Waals surface area contributed by atoms with Crippen molar-refractivity contribution in [1.29, 1.82) is 0 Å². The van der Waals surface area contributed by atoms with Crippen molar-refractivity contribution in [2.75, 3.05) is 19.4 Å². The van der Waals surface area contributed by atoms with E-state index in [9.17, 15) is 9.90 Å². The number of carbonyl (C=O) groups excluding carboxylic acids is 1. The van der Waals surface area contributed by atoms with E-state index in [2.05, 4.69) is 15.3 Å². The van der Waals surface area contributed by atoms with Crippen LogP contribution in [0, 0.1) is 0 Å². The van der Waals surface area contributed by atoms with Crippen molar-refractivity contribution in [3.8, 4) is 17.0 Å². The molecule has 2 aromatic carbocycles. The molecule has 0 bridgehead atoms. The molecule has 144 valence electrons. The zero-order chi connectivity index (χ0) is 19.8. The summed E-state index contributed by atoms with van der Waals surface area (Å²) in [6, 6.07) is 14.7. The summed E-state index contributed by atoms with van der Waals surface area (Å²) in [4.78, 5) is 21.7. The average Bonchev–Trinajstić information content (AvgIpc) is 2.76. The molecule has 0 aliphatic carbocycles. The van der Waals surface area contributed by atoms with Crippen molar-refractivity contribution in [3.05, 3.63) is 72.7 Å². The van der Waals surface area contributed by atoms with Crippen LogP contribution >= 0.6 is 11.8 Å². The number of nitrogens with zero attached hydrogens (tertiary/aromatic N) is 2. The second-order valence-electron chi connectivity index (χ2n) is 6.00. The molecule has 2 N–H and O–H groups in total. The molecule has 3 rings (SSSR count). The number of benzene rings is 2. The van der Waals surface area contributed by atoms with Crippen LogP contribution in [0.4, 0.5) is 0 Å². The van der Waals surface area contributed by atoms with Gasteiger partial charge in [0.05, 0.1) is 11.9 Å². The first-order chi connectivity index (χ1) is 13.7. The lowest BCUT2D eigenvalue weighted by Gasteiger charge is -2.15. The van der Waals surface area contributed by atoms with Crippen LogP contribution in [-0.2, 0) is 0 Å². The van der Waals surface area contributed by atoms with E-state index in [0.717, 1.165) is 16.2 Å². The SMILES string of the molecule is CSc1ccccc1OC[C@H](O)CNC(=O)c1cccc(-c2cnccn2)c1. The quantitative estimate of drug-likeness (QED) is 0.571.